The molecule has 1 N–H and O–H groups in total. The molecular weight excluding hydrogens is 258 g/mol. The van der Waals surface area contributed by atoms with Crippen molar-refractivity contribution >= 4 is 17.9 Å². The van der Waals surface area contributed by atoms with Gasteiger partial charge in [-0.2, -0.15) is 0 Å². The van der Waals surface area contributed by atoms with E-state index < -0.39 is 0 Å². The van der Waals surface area contributed by atoms with E-state index in [0.717, 1.165) is 0 Å². The largest absolute Gasteiger partial charge is 0.504 e. The summed E-state index contributed by atoms with van der Waals surface area (Å²) >= 11 is 0. The molecule has 1 aromatic carbocycles. The Morgan fingerprint density at radius 3 is 2.65 bits per heavy atom. The lowest BCUT2D eigenvalue weighted by Crippen LogP contribution is -2.34. The standard InChI is InChI=1S/C15H19NO4/c1-4-9-16(11(2)17)15(19)8-6-12-5-7-13(18)14(10-12)20-3/h5-8,10,18H,4,9H2,1-3H3/b8-6+. The van der Waals surface area contributed by atoms with E-state index >= 15 is 0 Å². The number of phenols is 1. The summed E-state index contributed by atoms with van der Waals surface area (Å²) in [6, 6.07) is 4.74. The van der Waals surface area contributed by atoms with Crippen LogP contribution < -0.4 is 4.74 Å². The zero-order valence-electron chi connectivity index (χ0n) is 11.9. The summed E-state index contributed by atoms with van der Waals surface area (Å²) in [6.45, 7) is 3.67. The van der Waals surface area contributed by atoms with Gasteiger partial charge >= 0.3 is 0 Å². The van der Waals surface area contributed by atoms with Crippen molar-refractivity contribution < 1.29 is 19.4 Å². The van der Waals surface area contributed by atoms with Crippen molar-refractivity contribution in [2.75, 3.05) is 13.7 Å². The van der Waals surface area contributed by atoms with E-state index in [0.29, 0.717) is 24.3 Å². The topological polar surface area (TPSA) is 66.8 Å². The lowest BCUT2D eigenvalue weighted by atomic mass is 10.2. The molecule has 0 bridgehead atoms. The molecule has 0 atom stereocenters. The maximum absolute atomic E-state index is 11.9. The molecule has 0 heterocycles. The van der Waals surface area contributed by atoms with Gasteiger partial charge in [-0.1, -0.05) is 13.0 Å². The van der Waals surface area contributed by atoms with Crippen molar-refractivity contribution in [3.05, 3.63) is 29.8 Å². The highest BCUT2D eigenvalue weighted by molar-refractivity contribution is 6.02. The first-order valence-electron chi connectivity index (χ1n) is 6.36. The van der Waals surface area contributed by atoms with Crippen molar-refractivity contribution in [2.24, 2.45) is 0 Å². The molecule has 0 saturated heterocycles. The highest BCUT2D eigenvalue weighted by Crippen LogP contribution is 2.26. The molecule has 20 heavy (non-hydrogen) atoms. The van der Waals surface area contributed by atoms with Crippen molar-refractivity contribution in [1.82, 2.24) is 4.90 Å². The maximum atomic E-state index is 11.9. The second-order valence-corrected chi connectivity index (χ2v) is 4.27. The first-order valence-corrected chi connectivity index (χ1v) is 6.36. The van der Waals surface area contributed by atoms with E-state index in [1.807, 2.05) is 6.92 Å². The van der Waals surface area contributed by atoms with Crippen molar-refractivity contribution in [1.29, 1.82) is 0 Å². The Morgan fingerprint density at radius 2 is 2.10 bits per heavy atom. The molecule has 0 aliphatic carbocycles. The number of ether oxygens (including phenoxy) is 1. The Kier molecular flexibility index (Phi) is 5.77. The smallest absolute Gasteiger partial charge is 0.253 e. The quantitative estimate of drug-likeness (QED) is 0.838. The van der Waals surface area contributed by atoms with Crippen LogP contribution in [-0.4, -0.2) is 35.5 Å². The molecule has 2 amide bonds. The normalized spacial score (nSPS) is 10.6. The molecule has 0 saturated carbocycles. The molecule has 1 rings (SSSR count). The van der Waals surface area contributed by atoms with Gasteiger partial charge in [-0.25, -0.2) is 0 Å². The third-order valence-corrected chi connectivity index (χ3v) is 2.72. The van der Waals surface area contributed by atoms with E-state index in [1.165, 1.54) is 31.1 Å². The summed E-state index contributed by atoms with van der Waals surface area (Å²) in [5, 5.41) is 9.47. The molecule has 5 heteroatoms. The number of methoxy groups -OCH3 is 1. The predicted octanol–water partition coefficient (Wildman–Crippen LogP) is 2.20. The minimum absolute atomic E-state index is 0.0346. The predicted molar refractivity (Wildman–Crippen MR) is 76.4 cm³/mol. The van der Waals surface area contributed by atoms with Crippen molar-refractivity contribution in [3.63, 3.8) is 0 Å². The fourth-order valence-electron chi connectivity index (χ4n) is 1.70. The number of hydrogen-bond acceptors (Lipinski definition) is 4. The van der Waals surface area contributed by atoms with Gasteiger partial charge in [-0.15, -0.1) is 0 Å². The van der Waals surface area contributed by atoms with Gasteiger partial charge in [0.05, 0.1) is 7.11 Å². The van der Waals surface area contributed by atoms with Crippen molar-refractivity contribution in [2.45, 2.75) is 20.3 Å². The summed E-state index contributed by atoms with van der Waals surface area (Å²) in [4.78, 5) is 24.4. The number of amides is 2. The number of carbonyl (C=O) groups excluding carboxylic acids is 2. The van der Waals surface area contributed by atoms with Gasteiger partial charge < -0.3 is 9.84 Å². The minimum atomic E-state index is -0.355. The molecule has 0 aliphatic heterocycles. The molecule has 0 spiro atoms. The van der Waals surface area contributed by atoms with Gasteiger partial charge in [-0.3, -0.25) is 14.5 Å². The van der Waals surface area contributed by atoms with Crippen LogP contribution in [0.15, 0.2) is 24.3 Å². The van der Waals surface area contributed by atoms with E-state index in [2.05, 4.69) is 0 Å². The van der Waals surface area contributed by atoms with Crippen LogP contribution >= 0.6 is 0 Å². The zero-order chi connectivity index (χ0) is 15.1. The molecule has 0 radical (unpaired) electrons. The summed E-state index contributed by atoms with van der Waals surface area (Å²) in [7, 11) is 1.45. The number of rotatable bonds is 5. The minimum Gasteiger partial charge on any atom is -0.504 e. The fraction of sp³-hybridized carbons (Fsp3) is 0.333. The van der Waals surface area contributed by atoms with Gasteiger partial charge in [0.25, 0.3) is 5.91 Å². The van der Waals surface area contributed by atoms with Crippen LogP contribution in [0.4, 0.5) is 0 Å². The number of nitrogens with zero attached hydrogens (tertiary/aromatic N) is 1. The van der Waals surface area contributed by atoms with Gasteiger partial charge in [0.15, 0.2) is 11.5 Å². The molecule has 0 aliphatic rings. The SMILES string of the molecule is CCCN(C(C)=O)C(=O)/C=C/c1ccc(O)c(OC)c1. The molecule has 0 unspecified atom stereocenters. The Morgan fingerprint density at radius 1 is 1.40 bits per heavy atom. The average molecular weight is 277 g/mol. The van der Waals surface area contributed by atoms with E-state index in [-0.39, 0.29) is 17.6 Å². The van der Waals surface area contributed by atoms with Crippen LogP contribution in [0, 0.1) is 0 Å². The Labute approximate surface area is 118 Å². The first-order chi connectivity index (χ1) is 9.49. The third kappa shape index (κ3) is 4.12. The molecular formula is C15H19NO4. The van der Waals surface area contributed by atoms with Crippen LogP contribution in [0.2, 0.25) is 0 Å². The first kappa shape index (κ1) is 15.8. The average Bonchev–Trinajstić information content (AvgIpc) is 2.43. The summed E-state index contributed by atoms with van der Waals surface area (Å²) in [5.41, 5.74) is 0.702. The molecule has 5 nitrogen and oxygen atoms in total. The summed E-state index contributed by atoms with van der Waals surface area (Å²) < 4.78 is 4.98. The maximum Gasteiger partial charge on any atom is 0.253 e. The second kappa shape index (κ2) is 7.33. The summed E-state index contributed by atoms with van der Waals surface area (Å²) in [5.74, 6) is -0.264. The number of hydrogen-bond donors (Lipinski definition) is 1. The van der Waals surface area contributed by atoms with Gasteiger partial charge in [0.2, 0.25) is 5.91 Å². The zero-order valence-corrected chi connectivity index (χ0v) is 11.9. The molecule has 0 fully saturated rings. The van der Waals surface area contributed by atoms with Gasteiger partial charge in [0.1, 0.15) is 0 Å². The van der Waals surface area contributed by atoms with Gasteiger partial charge in [-0.05, 0) is 30.2 Å². The Bertz CT molecular complexity index is 523. The van der Waals surface area contributed by atoms with Crippen LogP contribution in [0.1, 0.15) is 25.8 Å². The lowest BCUT2D eigenvalue weighted by molar-refractivity contribution is -0.140. The number of imide groups is 1. The van der Waals surface area contributed by atoms with E-state index in [9.17, 15) is 14.7 Å². The highest BCUT2D eigenvalue weighted by Gasteiger charge is 2.13. The Hall–Kier alpha value is -2.30. The third-order valence-electron chi connectivity index (χ3n) is 2.72. The number of aromatic hydroxyl groups is 1. The molecule has 0 aromatic heterocycles. The van der Waals surface area contributed by atoms with Crippen molar-refractivity contribution in [3.8, 4) is 11.5 Å². The van der Waals surface area contributed by atoms with Crippen LogP contribution in [0.25, 0.3) is 6.08 Å². The number of carbonyl (C=O) groups is 2. The highest BCUT2D eigenvalue weighted by atomic mass is 16.5. The molecule has 108 valence electrons. The summed E-state index contributed by atoms with van der Waals surface area (Å²) in [6.07, 6.45) is 3.63. The van der Waals surface area contributed by atoms with Crippen LogP contribution in [0.5, 0.6) is 11.5 Å². The van der Waals surface area contributed by atoms with Crippen LogP contribution in [0.3, 0.4) is 0 Å². The fourth-order valence-corrected chi connectivity index (χ4v) is 1.70. The number of phenolic OH excluding ortho intramolecular Hbond substituents is 1. The van der Waals surface area contributed by atoms with Gasteiger partial charge in [0, 0.05) is 19.5 Å². The van der Waals surface area contributed by atoms with E-state index in [1.54, 1.807) is 18.2 Å². The number of benzene rings is 1. The van der Waals surface area contributed by atoms with Crippen LogP contribution in [-0.2, 0) is 9.59 Å². The lowest BCUT2D eigenvalue weighted by Gasteiger charge is -2.15. The second-order valence-electron chi connectivity index (χ2n) is 4.27. The molecule has 1 aromatic rings. The Balaban J connectivity index is 2.86. The monoisotopic (exact) mass is 277 g/mol. The van der Waals surface area contributed by atoms with E-state index in [4.69, 9.17) is 4.74 Å².